The number of aryl methyl sites for hydroxylation is 1. The molecule has 0 saturated carbocycles. The first-order valence-electron chi connectivity index (χ1n) is 5.00. The maximum atomic E-state index is 4.20. The average molecular weight is 278 g/mol. The van der Waals surface area contributed by atoms with Crippen molar-refractivity contribution >= 4 is 21.6 Å². The van der Waals surface area contributed by atoms with Crippen molar-refractivity contribution in [1.29, 1.82) is 0 Å². The number of halogens is 1. The number of nitrogens with one attached hydrogen (secondary N) is 1. The summed E-state index contributed by atoms with van der Waals surface area (Å²) in [7, 11) is 0. The standard InChI is InChI=1S/C12H12BrN3/c1-9-6-10(2-3-12(9)13)16-8-11-7-14-4-5-15-11/h2-7,16H,8H2,1H3. The molecule has 0 bridgehead atoms. The molecule has 16 heavy (non-hydrogen) atoms. The fraction of sp³-hybridized carbons (Fsp3) is 0.167. The summed E-state index contributed by atoms with van der Waals surface area (Å²) in [5, 5.41) is 3.31. The zero-order chi connectivity index (χ0) is 11.4. The van der Waals surface area contributed by atoms with Gasteiger partial charge in [-0.2, -0.15) is 0 Å². The second kappa shape index (κ2) is 5.07. The summed E-state index contributed by atoms with van der Waals surface area (Å²) in [6, 6.07) is 6.17. The van der Waals surface area contributed by atoms with Crippen molar-refractivity contribution in [2.45, 2.75) is 13.5 Å². The Morgan fingerprint density at radius 3 is 2.88 bits per heavy atom. The van der Waals surface area contributed by atoms with Crippen LogP contribution in [0.1, 0.15) is 11.3 Å². The molecule has 0 radical (unpaired) electrons. The topological polar surface area (TPSA) is 37.8 Å². The zero-order valence-corrected chi connectivity index (χ0v) is 10.5. The molecule has 2 aromatic rings. The predicted octanol–water partition coefficient (Wildman–Crippen LogP) is 3.16. The van der Waals surface area contributed by atoms with Crippen LogP contribution >= 0.6 is 15.9 Å². The van der Waals surface area contributed by atoms with E-state index in [2.05, 4.69) is 44.2 Å². The third-order valence-corrected chi connectivity index (χ3v) is 3.14. The molecule has 0 fully saturated rings. The van der Waals surface area contributed by atoms with E-state index in [1.165, 1.54) is 5.56 Å². The molecule has 0 aliphatic heterocycles. The number of nitrogens with zero attached hydrogens (tertiary/aromatic N) is 2. The van der Waals surface area contributed by atoms with Crippen molar-refractivity contribution in [3.63, 3.8) is 0 Å². The van der Waals surface area contributed by atoms with Crippen LogP contribution in [0.25, 0.3) is 0 Å². The molecule has 0 spiro atoms. The smallest absolute Gasteiger partial charge is 0.0777 e. The number of benzene rings is 1. The van der Waals surface area contributed by atoms with E-state index in [0.29, 0.717) is 6.54 Å². The fourth-order valence-electron chi connectivity index (χ4n) is 1.37. The molecule has 3 nitrogen and oxygen atoms in total. The van der Waals surface area contributed by atoms with Gasteiger partial charge in [0.05, 0.1) is 18.4 Å². The van der Waals surface area contributed by atoms with Gasteiger partial charge in [-0.15, -0.1) is 0 Å². The Morgan fingerprint density at radius 2 is 2.19 bits per heavy atom. The molecule has 0 aliphatic carbocycles. The third-order valence-electron chi connectivity index (χ3n) is 2.25. The van der Waals surface area contributed by atoms with Crippen molar-refractivity contribution < 1.29 is 0 Å². The maximum Gasteiger partial charge on any atom is 0.0777 e. The molecule has 0 aliphatic rings. The van der Waals surface area contributed by atoms with E-state index in [1.54, 1.807) is 18.6 Å². The molecule has 4 heteroatoms. The van der Waals surface area contributed by atoms with Gasteiger partial charge in [0, 0.05) is 22.6 Å². The van der Waals surface area contributed by atoms with Crippen LogP contribution in [0, 0.1) is 6.92 Å². The minimum Gasteiger partial charge on any atom is -0.379 e. The molecule has 0 atom stereocenters. The zero-order valence-electron chi connectivity index (χ0n) is 8.94. The summed E-state index contributed by atoms with van der Waals surface area (Å²) >= 11 is 3.48. The van der Waals surface area contributed by atoms with Gasteiger partial charge in [0.2, 0.25) is 0 Å². The summed E-state index contributed by atoms with van der Waals surface area (Å²) in [6.45, 7) is 2.76. The highest BCUT2D eigenvalue weighted by molar-refractivity contribution is 9.10. The van der Waals surface area contributed by atoms with E-state index >= 15 is 0 Å². The summed E-state index contributed by atoms with van der Waals surface area (Å²) in [6.07, 6.45) is 5.13. The highest BCUT2D eigenvalue weighted by Gasteiger charge is 1.98. The van der Waals surface area contributed by atoms with E-state index in [9.17, 15) is 0 Å². The molecule has 1 heterocycles. The van der Waals surface area contributed by atoms with Gasteiger partial charge < -0.3 is 5.32 Å². The van der Waals surface area contributed by atoms with Gasteiger partial charge in [-0.3, -0.25) is 9.97 Å². The lowest BCUT2D eigenvalue weighted by Gasteiger charge is -2.07. The van der Waals surface area contributed by atoms with Crippen LogP contribution in [-0.2, 0) is 6.54 Å². The van der Waals surface area contributed by atoms with Crippen molar-refractivity contribution in [3.8, 4) is 0 Å². The van der Waals surface area contributed by atoms with Crippen LogP contribution in [0.3, 0.4) is 0 Å². The van der Waals surface area contributed by atoms with Gasteiger partial charge in [-0.25, -0.2) is 0 Å². The van der Waals surface area contributed by atoms with E-state index in [-0.39, 0.29) is 0 Å². The van der Waals surface area contributed by atoms with Crippen molar-refractivity contribution in [2.75, 3.05) is 5.32 Å². The number of anilines is 1. The van der Waals surface area contributed by atoms with Crippen molar-refractivity contribution in [2.24, 2.45) is 0 Å². The molecule has 0 saturated heterocycles. The first-order chi connectivity index (χ1) is 7.75. The Labute approximate surface area is 103 Å². The number of hydrogen-bond donors (Lipinski definition) is 1. The average Bonchev–Trinajstić information content (AvgIpc) is 2.32. The van der Waals surface area contributed by atoms with Crippen LogP contribution in [0.15, 0.2) is 41.3 Å². The molecule has 1 aromatic carbocycles. The second-order valence-corrected chi connectivity index (χ2v) is 4.37. The lowest BCUT2D eigenvalue weighted by molar-refractivity contribution is 1.01. The van der Waals surface area contributed by atoms with Gasteiger partial charge in [0.1, 0.15) is 0 Å². The normalized spacial score (nSPS) is 10.1. The van der Waals surface area contributed by atoms with Crippen LogP contribution < -0.4 is 5.32 Å². The third kappa shape index (κ3) is 2.79. The molecule has 0 amide bonds. The van der Waals surface area contributed by atoms with Gasteiger partial charge in [-0.1, -0.05) is 15.9 Å². The van der Waals surface area contributed by atoms with Crippen molar-refractivity contribution in [3.05, 3.63) is 52.5 Å². The van der Waals surface area contributed by atoms with E-state index in [0.717, 1.165) is 15.9 Å². The largest absolute Gasteiger partial charge is 0.379 e. The quantitative estimate of drug-likeness (QED) is 0.937. The summed E-state index contributed by atoms with van der Waals surface area (Å²) in [5.41, 5.74) is 3.23. The Bertz CT molecular complexity index is 471. The Hall–Kier alpha value is -1.42. The predicted molar refractivity (Wildman–Crippen MR) is 68.2 cm³/mol. The molecule has 82 valence electrons. The Kier molecular flexibility index (Phi) is 3.51. The first kappa shape index (κ1) is 11.1. The Morgan fingerprint density at radius 1 is 1.31 bits per heavy atom. The first-order valence-corrected chi connectivity index (χ1v) is 5.80. The summed E-state index contributed by atoms with van der Waals surface area (Å²) in [4.78, 5) is 8.22. The monoisotopic (exact) mass is 277 g/mol. The summed E-state index contributed by atoms with van der Waals surface area (Å²) < 4.78 is 1.12. The van der Waals surface area contributed by atoms with Gasteiger partial charge >= 0.3 is 0 Å². The molecule has 0 unspecified atom stereocenters. The lowest BCUT2D eigenvalue weighted by atomic mass is 10.2. The van der Waals surface area contributed by atoms with Crippen molar-refractivity contribution in [1.82, 2.24) is 9.97 Å². The summed E-state index contributed by atoms with van der Waals surface area (Å²) in [5.74, 6) is 0. The highest BCUT2D eigenvalue weighted by atomic mass is 79.9. The van der Waals surface area contributed by atoms with E-state index in [1.807, 2.05) is 12.1 Å². The second-order valence-electron chi connectivity index (χ2n) is 3.51. The van der Waals surface area contributed by atoms with Gasteiger partial charge in [0.15, 0.2) is 0 Å². The fourth-order valence-corrected chi connectivity index (χ4v) is 1.62. The van der Waals surface area contributed by atoms with Crippen LogP contribution in [0.4, 0.5) is 5.69 Å². The van der Waals surface area contributed by atoms with Crippen LogP contribution in [0.2, 0.25) is 0 Å². The van der Waals surface area contributed by atoms with Gasteiger partial charge in [0.25, 0.3) is 0 Å². The lowest BCUT2D eigenvalue weighted by Crippen LogP contribution is -2.01. The number of rotatable bonds is 3. The number of hydrogen-bond acceptors (Lipinski definition) is 3. The number of aromatic nitrogens is 2. The molecular formula is C12H12BrN3. The SMILES string of the molecule is Cc1cc(NCc2cnccn2)ccc1Br. The Balaban J connectivity index is 2.03. The minimum atomic E-state index is 0.689. The molecule has 1 N–H and O–H groups in total. The highest BCUT2D eigenvalue weighted by Crippen LogP contribution is 2.20. The molecule has 2 rings (SSSR count). The molecule has 1 aromatic heterocycles. The molecular weight excluding hydrogens is 266 g/mol. The van der Waals surface area contributed by atoms with Gasteiger partial charge in [-0.05, 0) is 30.7 Å². The van der Waals surface area contributed by atoms with Crippen LogP contribution in [-0.4, -0.2) is 9.97 Å². The van der Waals surface area contributed by atoms with Crippen LogP contribution in [0.5, 0.6) is 0 Å². The van der Waals surface area contributed by atoms with E-state index < -0.39 is 0 Å². The van der Waals surface area contributed by atoms with E-state index in [4.69, 9.17) is 0 Å². The maximum absolute atomic E-state index is 4.20. The minimum absolute atomic E-state index is 0.689.